The molecule has 240 valence electrons. The van der Waals surface area contributed by atoms with E-state index in [9.17, 15) is 0 Å². The van der Waals surface area contributed by atoms with Gasteiger partial charge in [0.2, 0.25) is 5.95 Å². The van der Waals surface area contributed by atoms with E-state index < -0.39 is 0 Å². The quantitative estimate of drug-likeness (QED) is 0.186. The molecule has 7 aromatic carbocycles. The summed E-state index contributed by atoms with van der Waals surface area (Å²) in [6, 6.07) is 49.1. The molecule has 0 unspecified atom stereocenters. The lowest BCUT2D eigenvalue weighted by Gasteiger charge is -2.11. The summed E-state index contributed by atoms with van der Waals surface area (Å²) in [6.45, 7) is 0. The smallest absolute Gasteiger partial charge is 0.238 e. The standard InChI is InChI=1S/C45H23N5OS/c1-2-9-24(10-3-1)43-46-44(25-17-20-35-29(23-25)27-12-5-7-16-34(27)51-35)48-45(47-43)50-32-15-8-14-31-38(32)39-33(50)19-22-36-40(39)41-37(52-36)21-18-28-26-11-4-6-13-30(26)49(31)42(28)41/h1-23H. The molecule has 0 bridgehead atoms. The zero-order valence-electron chi connectivity index (χ0n) is 27.3. The third-order valence-corrected chi connectivity index (χ3v) is 12.0. The van der Waals surface area contributed by atoms with Gasteiger partial charge in [-0.15, -0.1) is 11.3 Å². The summed E-state index contributed by atoms with van der Waals surface area (Å²) in [5.74, 6) is 1.82. The highest BCUT2D eigenvalue weighted by Gasteiger charge is 2.26. The average Bonchev–Trinajstić information content (AvgIpc) is 3.92. The van der Waals surface area contributed by atoms with E-state index >= 15 is 0 Å². The number of hydrogen-bond donors (Lipinski definition) is 0. The lowest BCUT2D eigenvalue weighted by molar-refractivity contribution is 0.669. The SMILES string of the molecule is c1ccc(-c2nc(-c3ccc4oc5ccccc5c4c3)nc(-n3c4ccc5sc6ccc7c8ccccc8n8c9cccc3c9c4c5c6c78)n2)cc1. The summed E-state index contributed by atoms with van der Waals surface area (Å²) in [6.07, 6.45) is 0. The fourth-order valence-corrected chi connectivity index (χ4v) is 9.87. The number of nitrogens with zero attached hydrogens (tertiary/aromatic N) is 5. The summed E-state index contributed by atoms with van der Waals surface area (Å²) in [5, 5.41) is 9.72. The van der Waals surface area contributed by atoms with E-state index in [4.69, 9.17) is 19.4 Å². The molecule has 0 aliphatic heterocycles. The van der Waals surface area contributed by atoms with Gasteiger partial charge in [0.15, 0.2) is 11.6 Å². The van der Waals surface area contributed by atoms with Crippen molar-refractivity contribution in [2.75, 3.05) is 0 Å². The highest BCUT2D eigenvalue weighted by Crippen LogP contribution is 2.50. The third-order valence-electron chi connectivity index (χ3n) is 10.9. The van der Waals surface area contributed by atoms with Crippen molar-refractivity contribution in [3.63, 3.8) is 0 Å². The molecule has 6 heterocycles. The maximum absolute atomic E-state index is 6.17. The number of fused-ring (bicyclic) bond motifs is 7. The largest absolute Gasteiger partial charge is 0.456 e. The van der Waals surface area contributed by atoms with Crippen molar-refractivity contribution in [1.82, 2.24) is 23.9 Å². The molecule has 7 heteroatoms. The van der Waals surface area contributed by atoms with E-state index in [0.717, 1.165) is 44.1 Å². The Hall–Kier alpha value is -6.83. The monoisotopic (exact) mass is 681 g/mol. The number of para-hydroxylation sites is 2. The Labute approximate surface area is 298 Å². The second kappa shape index (κ2) is 9.48. The van der Waals surface area contributed by atoms with Crippen LogP contribution in [0.4, 0.5) is 0 Å². The van der Waals surface area contributed by atoms with Crippen LogP contribution in [0.25, 0.3) is 120 Å². The number of thiophene rings is 1. The summed E-state index contributed by atoms with van der Waals surface area (Å²) < 4.78 is 13.5. The number of furan rings is 1. The van der Waals surface area contributed by atoms with Gasteiger partial charge in [-0.25, -0.2) is 4.98 Å². The number of aromatic nitrogens is 5. The van der Waals surface area contributed by atoms with Gasteiger partial charge >= 0.3 is 0 Å². The normalized spacial score (nSPS) is 12.6. The Morgan fingerprint density at radius 3 is 2.08 bits per heavy atom. The minimum atomic E-state index is 0.584. The maximum Gasteiger partial charge on any atom is 0.238 e. The van der Waals surface area contributed by atoms with Gasteiger partial charge < -0.3 is 8.82 Å². The van der Waals surface area contributed by atoms with Crippen LogP contribution in [0.3, 0.4) is 0 Å². The first-order valence-electron chi connectivity index (χ1n) is 17.4. The van der Waals surface area contributed by atoms with E-state index in [2.05, 4.69) is 100.0 Å². The van der Waals surface area contributed by atoms with Crippen LogP contribution in [0.2, 0.25) is 0 Å². The molecule has 0 aliphatic carbocycles. The first-order valence-corrected chi connectivity index (χ1v) is 18.2. The van der Waals surface area contributed by atoms with Crippen LogP contribution in [0.1, 0.15) is 0 Å². The van der Waals surface area contributed by atoms with Crippen molar-refractivity contribution in [2.45, 2.75) is 0 Å². The van der Waals surface area contributed by atoms with Crippen LogP contribution >= 0.6 is 11.3 Å². The molecule has 52 heavy (non-hydrogen) atoms. The highest BCUT2D eigenvalue weighted by molar-refractivity contribution is 7.26. The van der Waals surface area contributed by atoms with E-state index in [-0.39, 0.29) is 0 Å². The fourth-order valence-electron chi connectivity index (χ4n) is 8.76. The summed E-state index contributed by atoms with van der Waals surface area (Å²) in [7, 11) is 0. The van der Waals surface area contributed by atoms with Crippen molar-refractivity contribution in [1.29, 1.82) is 0 Å². The van der Waals surface area contributed by atoms with Gasteiger partial charge in [-0.05, 0) is 60.7 Å². The average molecular weight is 682 g/mol. The third kappa shape index (κ3) is 3.32. The predicted molar refractivity (Wildman–Crippen MR) is 214 cm³/mol. The van der Waals surface area contributed by atoms with Crippen LogP contribution in [0.5, 0.6) is 0 Å². The van der Waals surface area contributed by atoms with Gasteiger partial charge in [0, 0.05) is 63.6 Å². The molecular formula is C45H23N5OS. The molecule has 13 rings (SSSR count). The second-order valence-electron chi connectivity index (χ2n) is 13.6. The Balaban J connectivity index is 1.18. The molecule has 0 radical (unpaired) electrons. The number of benzene rings is 7. The molecular weight excluding hydrogens is 659 g/mol. The zero-order valence-corrected chi connectivity index (χ0v) is 28.1. The lowest BCUT2D eigenvalue weighted by Crippen LogP contribution is -2.06. The molecule has 6 aromatic heterocycles. The van der Waals surface area contributed by atoms with Gasteiger partial charge in [0.25, 0.3) is 0 Å². The van der Waals surface area contributed by atoms with Gasteiger partial charge in [-0.2, -0.15) is 9.97 Å². The lowest BCUT2D eigenvalue weighted by atomic mass is 10.0. The Morgan fingerprint density at radius 2 is 1.15 bits per heavy atom. The number of hydrogen-bond acceptors (Lipinski definition) is 5. The van der Waals surface area contributed by atoms with Crippen molar-refractivity contribution >= 4 is 103 Å². The maximum atomic E-state index is 6.17. The topological polar surface area (TPSA) is 61.2 Å². The van der Waals surface area contributed by atoms with Crippen LogP contribution in [0, 0.1) is 0 Å². The molecule has 0 N–H and O–H groups in total. The molecule has 0 aliphatic rings. The molecule has 0 saturated carbocycles. The summed E-state index contributed by atoms with van der Waals surface area (Å²) in [5.41, 5.74) is 9.33. The van der Waals surface area contributed by atoms with Crippen LogP contribution in [0.15, 0.2) is 144 Å². The molecule has 13 aromatic rings. The Bertz CT molecular complexity index is 3590. The fraction of sp³-hybridized carbons (Fsp3) is 0. The number of rotatable bonds is 3. The van der Waals surface area contributed by atoms with Gasteiger partial charge in [-0.3, -0.25) is 4.57 Å². The minimum Gasteiger partial charge on any atom is -0.456 e. The molecule has 0 spiro atoms. The molecule has 6 nitrogen and oxygen atoms in total. The van der Waals surface area contributed by atoms with E-state index in [1.165, 1.54) is 58.3 Å². The van der Waals surface area contributed by atoms with Gasteiger partial charge in [0.1, 0.15) is 11.2 Å². The summed E-state index contributed by atoms with van der Waals surface area (Å²) >= 11 is 1.87. The second-order valence-corrected chi connectivity index (χ2v) is 14.7. The van der Waals surface area contributed by atoms with E-state index in [1.54, 1.807) is 0 Å². The summed E-state index contributed by atoms with van der Waals surface area (Å²) in [4.78, 5) is 15.7. The Kier molecular flexibility index (Phi) is 4.92. The van der Waals surface area contributed by atoms with Crippen LogP contribution < -0.4 is 0 Å². The van der Waals surface area contributed by atoms with Crippen LogP contribution in [-0.2, 0) is 0 Å². The van der Waals surface area contributed by atoms with E-state index in [0.29, 0.717) is 17.6 Å². The van der Waals surface area contributed by atoms with Gasteiger partial charge in [0.05, 0.1) is 27.6 Å². The predicted octanol–water partition coefficient (Wildman–Crippen LogP) is 12.0. The van der Waals surface area contributed by atoms with Crippen molar-refractivity contribution in [3.8, 4) is 28.7 Å². The molecule has 0 fully saturated rings. The van der Waals surface area contributed by atoms with Crippen LogP contribution in [-0.4, -0.2) is 23.9 Å². The Morgan fingerprint density at radius 1 is 0.442 bits per heavy atom. The molecule has 0 saturated heterocycles. The van der Waals surface area contributed by atoms with Crippen molar-refractivity contribution < 1.29 is 4.42 Å². The highest BCUT2D eigenvalue weighted by atomic mass is 32.1. The van der Waals surface area contributed by atoms with Crippen molar-refractivity contribution in [2.24, 2.45) is 0 Å². The van der Waals surface area contributed by atoms with E-state index in [1.807, 2.05) is 59.9 Å². The molecule has 0 atom stereocenters. The van der Waals surface area contributed by atoms with Crippen molar-refractivity contribution in [3.05, 3.63) is 140 Å². The molecule has 0 amide bonds. The van der Waals surface area contributed by atoms with Gasteiger partial charge in [-0.1, -0.05) is 78.9 Å². The first kappa shape index (κ1) is 27.0. The zero-order chi connectivity index (χ0) is 33.7. The minimum absolute atomic E-state index is 0.584. The first-order chi connectivity index (χ1) is 25.8.